The van der Waals surface area contributed by atoms with Crippen LogP contribution in [0.25, 0.3) is 0 Å². The lowest BCUT2D eigenvalue weighted by Crippen LogP contribution is -2.56. The monoisotopic (exact) mass is 212 g/mol. The quantitative estimate of drug-likeness (QED) is 0.716. The van der Waals surface area contributed by atoms with Crippen LogP contribution in [0.1, 0.15) is 19.8 Å². The summed E-state index contributed by atoms with van der Waals surface area (Å²) in [5.74, 6) is -1.18. The third-order valence-corrected chi connectivity index (χ3v) is 3.29. The van der Waals surface area contributed by atoms with Crippen molar-refractivity contribution in [1.82, 2.24) is 10.2 Å². The van der Waals surface area contributed by atoms with E-state index in [1.165, 1.54) is 12.8 Å². The second-order valence-electron chi connectivity index (χ2n) is 4.91. The molecule has 0 bridgehead atoms. The Hall–Kier alpha value is -1.26. The van der Waals surface area contributed by atoms with E-state index in [2.05, 4.69) is 12.2 Å². The predicted octanol–water partition coefficient (Wildman–Crippen LogP) is 0.512. The maximum absolute atomic E-state index is 11.5. The Balaban J connectivity index is 1.67. The molecule has 2 rings (SSSR count). The summed E-state index contributed by atoms with van der Waals surface area (Å²) in [5, 5.41) is 11.5. The second kappa shape index (κ2) is 3.40. The average Bonchev–Trinajstić information content (AvgIpc) is 2.78. The summed E-state index contributed by atoms with van der Waals surface area (Å²) in [5.41, 5.74) is 0.298. The van der Waals surface area contributed by atoms with Crippen molar-refractivity contribution in [3.05, 3.63) is 0 Å². The number of carbonyl (C=O) groups is 2. The Kier molecular flexibility index (Phi) is 2.32. The number of hydrogen-bond donors (Lipinski definition) is 2. The van der Waals surface area contributed by atoms with Crippen LogP contribution in [0.2, 0.25) is 0 Å². The molecule has 2 fully saturated rings. The van der Waals surface area contributed by atoms with Gasteiger partial charge in [-0.2, -0.15) is 0 Å². The highest BCUT2D eigenvalue weighted by molar-refractivity contribution is 5.79. The van der Waals surface area contributed by atoms with Crippen LogP contribution in [0, 0.1) is 11.3 Å². The predicted molar refractivity (Wildman–Crippen MR) is 53.4 cm³/mol. The molecule has 5 heteroatoms. The molecular formula is C10H16N2O3. The van der Waals surface area contributed by atoms with Crippen molar-refractivity contribution < 1.29 is 14.7 Å². The van der Waals surface area contributed by atoms with Gasteiger partial charge in [0.05, 0.1) is 5.92 Å². The number of rotatable bonds is 3. The molecule has 0 aromatic rings. The molecule has 1 aliphatic heterocycles. The largest absolute Gasteiger partial charge is 0.481 e. The lowest BCUT2D eigenvalue weighted by Gasteiger charge is -2.36. The summed E-state index contributed by atoms with van der Waals surface area (Å²) < 4.78 is 0. The van der Waals surface area contributed by atoms with Gasteiger partial charge < -0.3 is 15.3 Å². The summed E-state index contributed by atoms with van der Waals surface area (Å²) in [7, 11) is 0. The van der Waals surface area contributed by atoms with E-state index in [0.29, 0.717) is 25.0 Å². The molecule has 0 atom stereocenters. The van der Waals surface area contributed by atoms with Crippen molar-refractivity contribution in [3.63, 3.8) is 0 Å². The highest BCUT2D eigenvalue weighted by Gasteiger charge is 2.39. The zero-order valence-corrected chi connectivity index (χ0v) is 8.82. The van der Waals surface area contributed by atoms with E-state index >= 15 is 0 Å². The Morgan fingerprint density at radius 1 is 1.47 bits per heavy atom. The fraction of sp³-hybridized carbons (Fsp3) is 0.800. The molecule has 1 saturated carbocycles. The van der Waals surface area contributed by atoms with Gasteiger partial charge in [-0.05, 0) is 18.3 Å². The molecule has 2 amide bonds. The summed E-state index contributed by atoms with van der Waals surface area (Å²) >= 11 is 0. The lowest BCUT2D eigenvalue weighted by molar-refractivity contribution is -0.146. The zero-order valence-electron chi connectivity index (χ0n) is 8.82. The van der Waals surface area contributed by atoms with E-state index in [1.807, 2.05) is 0 Å². The number of nitrogens with zero attached hydrogens (tertiary/aromatic N) is 1. The molecule has 1 aliphatic carbocycles. The molecule has 1 heterocycles. The first-order valence-electron chi connectivity index (χ1n) is 5.26. The third kappa shape index (κ3) is 2.22. The summed E-state index contributed by atoms with van der Waals surface area (Å²) in [4.78, 5) is 23.6. The van der Waals surface area contributed by atoms with Gasteiger partial charge in [0.25, 0.3) is 0 Å². The first-order chi connectivity index (χ1) is 7.00. The van der Waals surface area contributed by atoms with Crippen molar-refractivity contribution in [2.45, 2.75) is 19.8 Å². The molecule has 0 aromatic heterocycles. The standard InChI is InChI=1S/C10H16N2O3/c1-10(2-3-10)6-11-9(15)12-4-7(5-12)8(13)14/h7H,2-6H2,1H3,(H,11,15)(H,13,14). The van der Waals surface area contributed by atoms with Crippen molar-refractivity contribution in [2.24, 2.45) is 11.3 Å². The van der Waals surface area contributed by atoms with Crippen LogP contribution in [-0.2, 0) is 4.79 Å². The highest BCUT2D eigenvalue weighted by Crippen LogP contribution is 2.44. The molecule has 0 radical (unpaired) electrons. The third-order valence-electron chi connectivity index (χ3n) is 3.29. The van der Waals surface area contributed by atoms with E-state index in [1.54, 1.807) is 4.90 Å². The molecule has 2 aliphatic rings. The minimum absolute atomic E-state index is 0.124. The molecular weight excluding hydrogens is 196 g/mol. The van der Waals surface area contributed by atoms with Gasteiger partial charge in [0.15, 0.2) is 0 Å². The van der Waals surface area contributed by atoms with Crippen molar-refractivity contribution >= 4 is 12.0 Å². The van der Waals surface area contributed by atoms with Gasteiger partial charge in [-0.15, -0.1) is 0 Å². The SMILES string of the molecule is CC1(CNC(=O)N2CC(C(=O)O)C2)CC1. The smallest absolute Gasteiger partial charge is 0.317 e. The van der Waals surface area contributed by atoms with Gasteiger partial charge in [0.2, 0.25) is 0 Å². The molecule has 0 spiro atoms. The number of amides is 2. The lowest BCUT2D eigenvalue weighted by atomic mass is 10.0. The number of urea groups is 1. The van der Waals surface area contributed by atoms with Crippen LogP contribution in [0.5, 0.6) is 0 Å². The van der Waals surface area contributed by atoms with Crippen molar-refractivity contribution in [2.75, 3.05) is 19.6 Å². The van der Waals surface area contributed by atoms with Crippen molar-refractivity contribution in [1.29, 1.82) is 0 Å². The van der Waals surface area contributed by atoms with Gasteiger partial charge in [-0.25, -0.2) is 4.79 Å². The van der Waals surface area contributed by atoms with Crippen LogP contribution >= 0.6 is 0 Å². The molecule has 2 N–H and O–H groups in total. The topological polar surface area (TPSA) is 69.6 Å². The number of likely N-dealkylation sites (tertiary alicyclic amines) is 1. The fourth-order valence-electron chi connectivity index (χ4n) is 1.59. The number of carboxylic acid groups (broad SMARTS) is 1. The molecule has 84 valence electrons. The Bertz CT molecular complexity index is 293. The highest BCUT2D eigenvalue weighted by atomic mass is 16.4. The summed E-state index contributed by atoms with van der Waals surface area (Å²) in [6.07, 6.45) is 2.34. The average molecular weight is 212 g/mol. The van der Waals surface area contributed by atoms with Gasteiger partial charge in [-0.3, -0.25) is 4.79 Å². The number of nitrogens with one attached hydrogen (secondary N) is 1. The molecule has 0 aromatic carbocycles. The van der Waals surface area contributed by atoms with E-state index in [4.69, 9.17) is 5.11 Å². The normalized spacial score (nSPS) is 23.1. The summed E-state index contributed by atoms with van der Waals surface area (Å²) in [6, 6.07) is -0.124. The van der Waals surface area contributed by atoms with Gasteiger partial charge in [0.1, 0.15) is 0 Å². The maximum Gasteiger partial charge on any atom is 0.317 e. The first kappa shape index (κ1) is 10.3. The van der Waals surface area contributed by atoms with Crippen molar-refractivity contribution in [3.8, 4) is 0 Å². The maximum atomic E-state index is 11.5. The number of aliphatic carboxylic acids is 1. The molecule has 5 nitrogen and oxygen atoms in total. The van der Waals surface area contributed by atoms with Crippen LogP contribution in [0.4, 0.5) is 4.79 Å². The first-order valence-corrected chi connectivity index (χ1v) is 5.26. The van der Waals surface area contributed by atoms with Crippen LogP contribution < -0.4 is 5.32 Å². The molecule has 0 unspecified atom stereocenters. The van der Waals surface area contributed by atoms with Crippen LogP contribution in [0.15, 0.2) is 0 Å². The van der Waals surface area contributed by atoms with E-state index in [-0.39, 0.29) is 11.9 Å². The van der Waals surface area contributed by atoms with E-state index < -0.39 is 5.97 Å². The molecule has 1 saturated heterocycles. The van der Waals surface area contributed by atoms with Gasteiger partial charge in [0, 0.05) is 19.6 Å². The molecule has 15 heavy (non-hydrogen) atoms. The Morgan fingerprint density at radius 2 is 2.07 bits per heavy atom. The Labute approximate surface area is 88.4 Å². The number of carboxylic acids is 1. The van der Waals surface area contributed by atoms with Gasteiger partial charge in [-0.1, -0.05) is 6.92 Å². The van der Waals surface area contributed by atoms with Crippen LogP contribution in [-0.4, -0.2) is 41.6 Å². The Morgan fingerprint density at radius 3 is 2.53 bits per heavy atom. The van der Waals surface area contributed by atoms with E-state index in [0.717, 1.165) is 0 Å². The number of carbonyl (C=O) groups excluding carboxylic acids is 1. The van der Waals surface area contributed by atoms with E-state index in [9.17, 15) is 9.59 Å². The summed E-state index contributed by atoms with van der Waals surface area (Å²) in [6.45, 7) is 3.54. The number of hydrogen-bond acceptors (Lipinski definition) is 2. The minimum Gasteiger partial charge on any atom is -0.481 e. The van der Waals surface area contributed by atoms with Gasteiger partial charge >= 0.3 is 12.0 Å². The fourth-order valence-corrected chi connectivity index (χ4v) is 1.59. The minimum atomic E-state index is -0.812. The second-order valence-corrected chi connectivity index (χ2v) is 4.91. The van der Waals surface area contributed by atoms with Crippen LogP contribution in [0.3, 0.4) is 0 Å². The zero-order chi connectivity index (χ0) is 11.1.